The number of rotatable bonds is 7. The number of aliphatic hydroxyl groups excluding tert-OH is 2. The molecule has 12 nitrogen and oxygen atoms in total. The van der Waals surface area contributed by atoms with Gasteiger partial charge in [0, 0.05) is 32.4 Å². The van der Waals surface area contributed by atoms with Crippen LogP contribution in [0.5, 0.6) is 0 Å². The van der Waals surface area contributed by atoms with E-state index in [0.717, 1.165) is 5.69 Å². The zero-order chi connectivity index (χ0) is 26.9. The first-order valence-corrected chi connectivity index (χ1v) is 12.2. The molecule has 1 aliphatic rings. The highest BCUT2D eigenvalue weighted by Crippen LogP contribution is 2.32. The minimum atomic E-state index is -1.18. The second-order valence-corrected chi connectivity index (χ2v) is 10.6. The van der Waals surface area contributed by atoms with Gasteiger partial charge in [0.05, 0.1) is 6.33 Å². The van der Waals surface area contributed by atoms with Gasteiger partial charge in [-0.25, -0.2) is 19.7 Å². The Morgan fingerprint density at radius 2 is 1.81 bits per heavy atom. The number of carbonyl (C=O) groups excluding carboxylic acids is 1. The predicted molar refractivity (Wildman–Crippen MR) is 140 cm³/mol. The molecule has 0 saturated carbocycles. The Morgan fingerprint density at radius 1 is 1.11 bits per heavy atom. The van der Waals surface area contributed by atoms with Crippen molar-refractivity contribution in [3.8, 4) is 0 Å². The van der Waals surface area contributed by atoms with Crippen molar-refractivity contribution in [3.05, 3.63) is 42.5 Å². The van der Waals surface area contributed by atoms with Gasteiger partial charge in [-0.05, 0) is 30.2 Å². The van der Waals surface area contributed by atoms with Gasteiger partial charge in [-0.1, -0.05) is 32.9 Å². The van der Waals surface area contributed by atoms with Crippen LogP contribution >= 0.6 is 0 Å². The van der Waals surface area contributed by atoms with Gasteiger partial charge >= 0.3 is 6.03 Å². The summed E-state index contributed by atoms with van der Waals surface area (Å²) < 4.78 is 7.55. The van der Waals surface area contributed by atoms with Crippen LogP contribution in [0.15, 0.2) is 36.9 Å². The van der Waals surface area contributed by atoms with Gasteiger partial charge in [-0.15, -0.1) is 0 Å². The number of fused-ring (bicyclic) bond motifs is 1. The number of urea groups is 1. The molecule has 1 aliphatic heterocycles. The summed E-state index contributed by atoms with van der Waals surface area (Å²) in [7, 11) is 3.60. The molecule has 0 bridgehead atoms. The Kier molecular flexibility index (Phi) is 7.64. The van der Waals surface area contributed by atoms with Crippen molar-refractivity contribution >= 4 is 28.7 Å². The molecular formula is C25H36N8O4. The molecule has 0 unspecified atom stereocenters. The highest BCUT2D eigenvalue weighted by atomic mass is 16.6. The van der Waals surface area contributed by atoms with Crippen LogP contribution in [0.4, 0.5) is 16.3 Å². The zero-order valence-electron chi connectivity index (χ0n) is 21.9. The van der Waals surface area contributed by atoms with E-state index in [4.69, 9.17) is 10.5 Å². The molecule has 200 valence electrons. The predicted octanol–water partition coefficient (Wildman–Crippen LogP) is 1.42. The number of ether oxygens (including phenoxy) is 1. The SMILES string of the molecule is CN(CCN(C)C(=O)Nc1ccc(C(C)(C)C)cc1)C[C@H]1O[C@@H](n2cnc3c(N)ncnc32)[C@H](O)[C@@H]1O. The largest absolute Gasteiger partial charge is 0.387 e. The molecule has 0 radical (unpaired) electrons. The number of nitrogens with zero attached hydrogens (tertiary/aromatic N) is 6. The average molecular weight is 513 g/mol. The molecule has 12 heteroatoms. The maximum atomic E-state index is 12.6. The Labute approximate surface area is 216 Å². The van der Waals surface area contributed by atoms with Crippen molar-refractivity contribution in [3.63, 3.8) is 0 Å². The smallest absolute Gasteiger partial charge is 0.321 e. The van der Waals surface area contributed by atoms with E-state index in [1.54, 1.807) is 16.5 Å². The molecular weight excluding hydrogens is 476 g/mol. The van der Waals surface area contributed by atoms with E-state index in [9.17, 15) is 15.0 Å². The second kappa shape index (κ2) is 10.6. The maximum absolute atomic E-state index is 12.6. The Bertz CT molecular complexity index is 1230. The van der Waals surface area contributed by atoms with Crippen LogP contribution in [0.1, 0.15) is 32.6 Å². The van der Waals surface area contributed by atoms with Gasteiger partial charge in [-0.2, -0.15) is 0 Å². The van der Waals surface area contributed by atoms with Gasteiger partial charge < -0.3 is 35.8 Å². The lowest BCUT2D eigenvalue weighted by Crippen LogP contribution is -2.42. The van der Waals surface area contributed by atoms with Crippen LogP contribution in [0.2, 0.25) is 0 Å². The minimum Gasteiger partial charge on any atom is -0.387 e. The van der Waals surface area contributed by atoms with Crippen LogP contribution < -0.4 is 11.1 Å². The van der Waals surface area contributed by atoms with E-state index in [2.05, 4.69) is 41.0 Å². The fraction of sp³-hybridized carbons (Fsp3) is 0.520. The summed E-state index contributed by atoms with van der Waals surface area (Å²) in [5.41, 5.74) is 8.65. The molecule has 3 heterocycles. The van der Waals surface area contributed by atoms with Crippen molar-refractivity contribution < 1.29 is 19.7 Å². The third-order valence-corrected chi connectivity index (χ3v) is 6.66. The van der Waals surface area contributed by atoms with Gasteiger partial charge in [0.25, 0.3) is 0 Å². The van der Waals surface area contributed by atoms with Crippen LogP contribution in [-0.2, 0) is 10.2 Å². The van der Waals surface area contributed by atoms with Crippen LogP contribution in [0.3, 0.4) is 0 Å². The monoisotopic (exact) mass is 512 g/mol. The highest BCUT2D eigenvalue weighted by Gasteiger charge is 2.44. The number of likely N-dealkylation sites (N-methyl/N-ethyl adjacent to an activating group) is 2. The van der Waals surface area contributed by atoms with Crippen molar-refractivity contribution in [2.24, 2.45) is 0 Å². The summed E-state index contributed by atoms with van der Waals surface area (Å²) >= 11 is 0. The number of aromatic nitrogens is 4. The first kappa shape index (κ1) is 26.7. The summed E-state index contributed by atoms with van der Waals surface area (Å²) in [6.07, 6.45) is -1.03. The van der Waals surface area contributed by atoms with Gasteiger partial charge in [0.2, 0.25) is 0 Å². The Hall–Kier alpha value is -3.32. The number of hydrogen-bond acceptors (Lipinski definition) is 9. The molecule has 3 aromatic rings. The van der Waals surface area contributed by atoms with Crippen LogP contribution in [0, 0.1) is 0 Å². The standard InChI is InChI=1S/C25H36N8O4/c1-25(2,3)15-6-8-16(9-7-15)30-24(36)32(5)11-10-31(4)12-17-19(34)20(35)23(37-17)33-14-29-18-21(26)27-13-28-22(18)33/h6-9,13-14,17,19-20,23,34-35H,10-12H2,1-5H3,(H,30,36)(H2,26,27,28)/t17-,19-,20-,23-/m1/s1. The number of benzene rings is 1. The van der Waals surface area contributed by atoms with Gasteiger partial charge in [-0.3, -0.25) is 4.57 Å². The van der Waals surface area contributed by atoms with E-state index in [0.29, 0.717) is 30.8 Å². The van der Waals surface area contributed by atoms with E-state index >= 15 is 0 Å². The number of aliphatic hydroxyl groups is 2. The molecule has 5 N–H and O–H groups in total. The number of hydrogen-bond donors (Lipinski definition) is 4. The summed E-state index contributed by atoms with van der Waals surface area (Å²) in [6, 6.07) is 7.64. The van der Waals surface area contributed by atoms with Crippen molar-refractivity contribution in [2.75, 3.05) is 44.8 Å². The summed E-state index contributed by atoms with van der Waals surface area (Å²) in [5, 5.41) is 24.2. The lowest BCUT2D eigenvalue weighted by Gasteiger charge is -2.25. The Balaban J connectivity index is 1.29. The van der Waals surface area contributed by atoms with E-state index < -0.39 is 24.5 Å². The first-order chi connectivity index (χ1) is 17.5. The second-order valence-electron chi connectivity index (χ2n) is 10.6. The lowest BCUT2D eigenvalue weighted by molar-refractivity contribution is -0.0423. The molecule has 2 amide bonds. The average Bonchev–Trinajstić information content (AvgIpc) is 3.39. The lowest BCUT2D eigenvalue weighted by atomic mass is 9.87. The summed E-state index contributed by atoms with van der Waals surface area (Å²) in [6.45, 7) is 7.78. The number of amides is 2. The topological polar surface area (TPSA) is 155 Å². The molecule has 0 spiro atoms. The number of imidazole rings is 1. The molecule has 0 aliphatic carbocycles. The summed E-state index contributed by atoms with van der Waals surface area (Å²) in [4.78, 5) is 28.5. The molecule has 2 aromatic heterocycles. The Morgan fingerprint density at radius 3 is 2.49 bits per heavy atom. The van der Waals surface area contributed by atoms with Gasteiger partial charge in [0.15, 0.2) is 17.7 Å². The first-order valence-electron chi connectivity index (χ1n) is 12.2. The third kappa shape index (κ3) is 5.82. The zero-order valence-corrected chi connectivity index (χ0v) is 21.9. The summed E-state index contributed by atoms with van der Waals surface area (Å²) in [5.74, 6) is 0.225. The van der Waals surface area contributed by atoms with Crippen molar-refractivity contribution in [2.45, 2.75) is 50.7 Å². The van der Waals surface area contributed by atoms with E-state index in [1.807, 2.05) is 36.2 Å². The molecule has 1 saturated heterocycles. The third-order valence-electron chi connectivity index (χ3n) is 6.66. The number of nitrogen functional groups attached to an aromatic ring is 1. The van der Waals surface area contributed by atoms with E-state index in [-0.39, 0.29) is 17.3 Å². The molecule has 4 atom stereocenters. The number of carbonyl (C=O) groups is 1. The van der Waals surface area contributed by atoms with Crippen molar-refractivity contribution in [1.29, 1.82) is 0 Å². The van der Waals surface area contributed by atoms with E-state index in [1.165, 1.54) is 18.2 Å². The molecule has 1 fully saturated rings. The number of nitrogens with one attached hydrogen (secondary N) is 1. The number of nitrogens with two attached hydrogens (primary N) is 1. The van der Waals surface area contributed by atoms with Crippen molar-refractivity contribution in [1.82, 2.24) is 29.3 Å². The molecule has 37 heavy (non-hydrogen) atoms. The molecule has 4 rings (SSSR count). The number of anilines is 2. The quantitative estimate of drug-likeness (QED) is 0.368. The fourth-order valence-corrected chi connectivity index (χ4v) is 4.26. The molecule has 1 aromatic carbocycles. The van der Waals surface area contributed by atoms with Gasteiger partial charge in [0.1, 0.15) is 30.2 Å². The normalized spacial score (nSPS) is 22.1. The minimum absolute atomic E-state index is 0.0471. The highest BCUT2D eigenvalue weighted by molar-refractivity contribution is 5.89. The van der Waals surface area contributed by atoms with Crippen LogP contribution in [-0.4, -0.2) is 97.6 Å². The fourth-order valence-electron chi connectivity index (χ4n) is 4.26. The van der Waals surface area contributed by atoms with Crippen LogP contribution in [0.25, 0.3) is 11.2 Å². The maximum Gasteiger partial charge on any atom is 0.321 e.